The van der Waals surface area contributed by atoms with E-state index in [0.717, 1.165) is 70.9 Å². The van der Waals surface area contributed by atoms with Crippen LogP contribution in [0.15, 0.2) is 72.8 Å². The van der Waals surface area contributed by atoms with Crippen LogP contribution < -0.4 is 19.9 Å². The Hall–Kier alpha value is -3.51. The molecule has 0 bridgehead atoms. The maximum Gasteiger partial charge on any atom is 0.228 e. The molecule has 0 spiro atoms. The molecule has 1 aliphatic heterocycles. The Morgan fingerprint density at radius 3 is 2.36 bits per heavy atom. The van der Waals surface area contributed by atoms with Crippen LogP contribution >= 0.6 is 11.6 Å². The summed E-state index contributed by atoms with van der Waals surface area (Å²) in [5.41, 5.74) is 3.09. The van der Waals surface area contributed by atoms with Crippen molar-refractivity contribution in [3.05, 3.63) is 83.4 Å². The van der Waals surface area contributed by atoms with Crippen molar-refractivity contribution in [1.82, 2.24) is 9.97 Å². The minimum absolute atomic E-state index is 0.616. The zero-order valence-corrected chi connectivity index (χ0v) is 19.3. The lowest BCUT2D eigenvalue weighted by Gasteiger charge is -2.36. The summed E-state index contributed by atoms with van der Waals surface area (Å²) in [7, 11) is 1.69. The Balaban J connectivity index is 1.38. The first-order chi connectivity index (χ1) is 16.2. The molecular formula is C26H26ClN5O. The third kappa shape index (κ3) is 4.52. The zero-order chi connectivity index (χ0) is 22.6. The molecule has 33 heavy (non-hydrogen) atoms. The fourth-order valence-corrected chi connectivity index (χ4v) is 4.48. The first-order valence-electron chi connectivity index (χ1n) is 11.1. The van der Waals surface area contributed by atoms with Gasteiger partial charge in [0, 0.05) is 43.7 Å². The molecule has 0 atom stereocenters. The number of nitrogens with one attached hydrogen (secondary N) is 1. The molecule has 1 aliphatic rings. The summed E-state index contributed by atoms with van der Waals surface area (Å²) >= 11 is 6.41. The van der Waals surface area contributed by atoms with Crippen LogP contribution in [0.4, 0.5) is 17.5 Å². The predicted molar refractivity (Wildman–Crippen MR) is 136 cm³/mol. The Bertz CT molecular complexity index is 1260. The zero-order valence-electron chi connectivity index (χ0n) is 18.5. The lowest BCUT2D eigenvalue weighted by atomic mass is 10.2. The minimum atomic E-state index is 0.616. The average molecular weight is 460 g/mol. The second kappa shape index (κ2) is 9.55. The number of aromatic nitrogens is 2. The lowest BCUT2D eigenvalue weighted by Crippen LogP contribution is -2.47. The minimum Gasteiger partial charge on any atom is -0.496 e. The van der Waals surface area contributed by atoms with Gasteiger partial charge in [0.05, 0.1) is 23.3 Å². The van der Waals surface area contributed by atoms with Gasteiger partial charge in [-0.1, -0.05) is 54.1 Å². The van der Waals surface area contributed by atoms with Gasteiger partial charge in [0.1, 0.15) is 11.6 Å². The van der Waals surface area contributed by atoms with E-state index in [1.54, 1.807) is 7.11 Å². The molecular weight excluding hydrogens is 434 g/mol. The molecule has 0 radical (unpaired) electrons. The van der Waals surface area contributed by atoms with Crippen LogP contribution in [0.2, 0.25) is 5.02 Å². The summed E-state index contributed by atoms with van der Waals surface area (Å²) in [6.07, 6.45) is 0. The Kier molecular flexibility index (Phi) is 6.17. The van der Waals surface area contributed by atoms with Crippen LogP contribution in [0.5, 0.6) is 5.75 Å². The quantitative estimate of drug-likeness (QED) is 0.426. The van der Waals surface area contributed by atoms with Crippen molar-refractivity contribution in [2.75, 3.05) is 48.4 Å². The van der Waals surface area contributed by atoms with Crippen LogP contribution in [0.3, 0.4) is 0 Å². The molecule has 6 nitrogen and oxygen atoms in total. The van der Waals surface area contributed by atoms with Crippen molar-refractivity contribution in [2.45, 2.75) is 6.54 Å². The number of piperazine rings is 1. The highest BCUT2D eigenvalue weighted by Crippen LogP contribution is 2.29. The van der Waals surface area contributed by atoms with Crippen molar-refractivity contribution in [1.29, 1.82) is 0 Å². The number of benzene rings is 3. The second-order valence-electron chi connectivity index (χ2n) is 7.98. The third-order valence-corrected chi connectivity index (χ3v) is 6.31. The fourth-order valence-electron chi connectivity index (χ4n) is 4.22. The van der Waals surface area contributed by atoms with Crippen LogP contribution in [0.1, 0.15) is 5.56 Å². The Morgan fingerprint density at radius 1 is 0.848 bits per heavy atom. The standard InChI is InChI=1S/C26H26ClN5O/c1-33-24-13-7-2-8-19(24)18-28-25-20-9-3-5-11-22(20)29-26(30-25)32-16-14-31(15-17-32)23-12-6-4-10-21(23)27/h2-13H,14-18H2,1H3,(H,28,29,30). The Morgan fingerprint density at radius 2 is 1.55 bits per heavy atom. The number of methoxy groups -OCH3 is 1. The van der Waals surface area contributed by atoms with Gasteiger partial charge < -0.3 is 19.9 Å². The molecule has 2 heterocycles. The molecule has 1 N–H and O–H groups in total. The van der Waals surface area contributed by atoms with E-state index in [1.165, 1.54) is 0 Å². The smallest absolute Gasteiger partial charge is 0.228 e. The molecule has 0 unspecified atom stereocenters. The molecule has 0 amide bonds. The van der Waals surface area contributed by atoms with Gasteiger partial charge in [-0.15, -0.1) is 0 Å². The Labute approximate surface area is 198 Å². The topological polar surface area (TPSA) is 53.5 Å². The van der Waals surface area contributed by atoms with E-state index >= 15 is 0 Å². The van der Waals surface area contributed by atoms with E-state index in [4.69, 9.17) is 26.3 Å². The number of nitrogens with zero attached hydrogens (tertiary/aromatic N) is 4. The van der Waals surface area contributed by atoms with Gasteiger partial charge in [0.25, 0.3) is 0 Å². The van der Waals surface area contributed by atoms with E-state index in [9.17, 15) is 0 Å². The number of anilines is 3. The van der Waals surface area contributed by atoms with Crippen molar-refractivity contribution in [2.24, 2.45) is 0 Å². The summed E-state index contributed by atoms with van der Waals surface area (Å²) in [6.45, 7) is 4.00. The number of rotatable bonds is 6. The van der Waals surface area contributed by atoms with E-state index < -0.39 is 0 Å². The van der Waals surface area contributed by atoms with Crippen LogP contribution in [-0.2, 0) is 6.54 Å². The summed E-state index contributed by atoms with van der Waals surface area (Å²) in [5.74, 6) is 2.43. The van der Waals surface area contributed by atoms with Gasteiger partial charge in [0.2, 0.25) is 5.95 Å². The van der Waals surface area contributed by atoms with Crippen molar-refractivity contribution in [3.63, 3.8) is 0 Å². The van der Waals surface area contributed by atoms with Crippen LogP contribution in [-0.4, -0.2) is 43.3 Å². The van der Waals surface area contributed by atoms with Gasteiger partial charge in [-0.2, -0.15) is 4.98 Å². The molecule has 5 rings (SSSR count). The maximum absolute atomic E-state index is 6.41. The van der Waals surface area contributed by atoms with Crippen molar-refractivity contribution < 1.29 is 4.74 Å². The van der Waals surface area contributed by atoms with Gasteiger partial charge in [-0.25, -0.2) is 4.98 Å². The first-order valence-corrected chi connectivity index (χ1v) is 11.5. The molecule has 0 saturated carbocycles. The molecule has 0 aliphatic carbocycles. The van der Waals surface area contributed by atoms with Gasteiger partial charge in [-0.05, 0) is 30.3 Å². The van der Waals surface area contributed by atoms with Crippen molar-refractivity contribution in [3.8, 4) is 5.75 Å². The predicted octanol–water partition coefficient (Wildman–Crippen LogP) is 5.23. The third-order valence-electron chi connectivity index (χ3n) is 5.99. The highest BCUT2D eigenvalue weighted by atomic mass is 35.5. The summed E-state index contributed by atoms with van der Waals surface area (Å²) < 4.78 is 5.50. The summed E-state index contributed by atoms with van der Waals surface area (Å²) in [5, 5.41) is 5.31. The number of halogens is 1. The number of para-hydroxylation sites is 3. The normalized spacial score (nSPS) is 13.9. The second-order valence-corrected chi connectivity index (χ2v) is 8.39. The van der Waals surface area contributed by atoms with E-state index in [1.807, 2.05) is 54.6 Å². The average Bonchev–Trinajstić information content (AvgIpc) is 2.87. The molecule has 168 valence electrons. The van der Waals surface area contributed by atoms with Crippen LogP contribution in [0.25, 0.3) is 10.9 Å². The first kappa shape index (κ1) is 21.3. The molecule has 3 aromatic carbocycles. The molecule has 1 aromatic heterocycles. The van der Waals surface area contributed by atoms with Crippen LogP contribution in [0, 0.1) is 0 Å². The number of ether oxygens (including phenoxy) is 1. The highest BCUT2D eigenvalue weighted by molar-refractivity contribution is 6.33. The highest BCUT2D eigenvalue weighted by Gasteiger charge is 2.22. The molecule has 7 heteroatoms. The maximum atomic E-state index is 6.41. The number of hydrogen-bond acceptors (Lipinski definition) is 6. The van der Waals surface area contributed by atoms with E-state index in [0.29, 0.717) is 6.54 Å². The largest absolute Gasteiger partial charge is 0.496 e. The van der Waals surface area contributed by atoms with Crippen molar-refractivity contribution >= 4 is 40.0 Å². The summed E-state index contributed by atoms with van der Waals surface area (Å²) in [6, 6.07) is 24.1. The van der Waals surface area contributed by atoms with Gasteiger partial charge >= 0.3 is 0 Å². The molecule has 4 aromatic rings. The summed E-state index contributed by atoms with van der Waals surface area (Å²) in [4.78, 5) is 14.4. The molecule has 1 fully saturated rings. The fraction of sp³-hybridized carbons (Fsp3) is 0.231. The number of fused-ring (bicyclic) bond motifs is 1. The van der Waals surface area contributed by atoms with E-state index in [-0.39, 0.29) is 0 Å². The van der Waals surface area contributed by atoms with Gasteiger partial charge in [0.15, 0.2) is 0 Å². The number of hydrogen-bond donors (Lipinski definition) is 1. The molecule has 1 saturated heterocycles. The van der Waals surface area contributed by atoms with E-state index in [2.05, 4.69) is 33.3 Å². The van der Waals surface area contributed by atoms with Gasteiger partial charge in [-0.3, -0.25) is 0 Å². The SMILES string of the molecule is COc1ccccc1CNc1nc(N2CCN(c3ccccc3Cl)CC2)nc2ccccc12. The monoisotopic (exact) mass is 459 g/mol. The lowest BCUT2D eigenvalue weighted by molar-refractivity contribution is 0.410.